The molecule has 0 radical (unpaired) electrons. The molecule has 1 heterocycles. The van der Waals surface area contributed by atoms with Crippen molar-refractivity contribution in [1.29, 1.82) is 0 Å². The standard InChI is InChI=1S/C19H25FN2O4/c1-21(2)15-8-7-13(11-14(15)20)19(24)26-12-18(23)22-9-10-25-17-6-4-3-5-16(17)22/h7-8,11,16-17H,3-6,9-10,12H2,1-2H3/t16-,17-/m0/s1. The van der Waals surface area contributed by atoms with Gasteiger partial charge in [-0.05, 0) is 31.0 Å². The number of rotatable bonds is 4. The van der Waals surface area contributed by atoms with Crippen LogP contribution in [0.4, 0.5) is 10.1 Å². The van der Waals surface area contributed by atoms with Crippen molar-refractivity contribution in [3.05, 3.63) is 29.6 Å². The first kappa shape index (κ1) is 18.6. The molecule has 0 spiro atoms. The smallest absolute Gasteiger partial charge is 0.338 e. The monoisotopic (exact) mass is 364 g/mol. The molecule has 0 bridgehead atoms. The summed E-state index contributed by atoms with van der Waals surface area (Å²) in [5, 5.41) is 0. The van der Waals surface area contributed by atoms with Crippen LogP contribution in [0.3, 0.4) is 0 Å². The first-order chi connectivity index (χ1) is 12.5. The molecule has 2 fully saturated rings. The largest absolute Gasteiger partial charge is 0.452 e. The van der Waals surface area contributed by atoms with Gasteiger partial charge in [0.25, 0.3) is 5.91 Å². The van der Waals surface area contributed by atoms with Crippen LogP contribution in [0.5, 0.6) is 0 Å². The average Bonchev–Trinajstić information content (AvgIpc) is 2.65. The highest BCUT2D eigenvalue weighted by Gasteiger charge is 2.36. The summed E-state index contributed by atoms with van der Waals surface area (Å²) in [5.41, 5.74) is 0.479. The Labute approximate surface area is 152 Å². The second-order valence-corrected chi connectivity index (χ2v) is 6.98. The molecular weight excluding hydrogens is 339 g/mol. The zero-order chi connectivity index (χ0) is 18.7. The van der Waals surface area contributed by atoms with E-state index in [9.17, 15) is 14.0 Å². The molecule has 0 N–H and O–H groups in total. The third-order valence-electron chi connectivity index (χ3n) is 5.04. The van der Waals surface area contributed by atoms with E-state index in [1.165, 1.54) is 12.1 Å². The molecule has 1 aliphatic carbocycles. The van der Waals surface area contributed by atoms with Gasteiger partial charge in [-0.1, -0.05) is 12.8 Å². The van der Waals surface area contributed by atoms with Crippen LogP contribution in [0.15, 0.2) is 18.2 Å². The SMILES string of the molecule is CN(C)c1ccc(C(=O)OCC(=O)N2CCO[C@H]3CCCC[C@@H]32)cc1F. The third kappa shape index (κ3) is 3.98. The number of halogens is 1. The second-order valence-electron chi connectivity index (χ2n) is 6.98. The van der Waals surface area contributed by atoms with Crippen molar-refractivity contribution in [1.82, 2.24) is 4.90 Å². The molecule has 1 saturated heterocycles. The number of benzene rings is 1. The fourth-order valence-electron chi connectivity index (χ4n) is 3.70. The van der Waals surface area contributed by atoms with E-state index in [0.717, 1.165) is 31.7 Å². The lowest BCUT2D eigenvalue weighted by Gasteiger charge is -2.43. The molecule has 1 amide bonds. The van der Waals surface area contributed by atoms with Gasteiger partial charge < -0.3 is 19.3 Å². The molecule has 2 aliphatic rings. The summed E-state index contributed by atoms with van der Waals surface area (Å²) >= 11 is 0. The molecule has 26 heavy (non-hydrogen) atoms. The normalized spacial score (nSPS) is 22.5. The van der Waals surface area contributed by atoms with Gasteiger partial charge in [0.2, 0.25) is 0 Å². The molecule has 3 rings (SSSR count). The number of nitrogens with zero attached hydrogens (tertiary/aromatic N) is 2. The third-order valence-corrected chi connectivity index (χ3v) is 5.04. The van der Waals surface area contributed by atoms with Gasteiger partial charge in [-0.3, -0.25) is 4.79 Å². The number of hydrogen-bond acceptors (Lipinski definition) is 5. The van der Waals surface area contributed by atoms with Crippen molar-refractivity contribution >= 4 is 17.6 Å². The van der Waals surface area contributed by atoms with E-state index in [0.29, 0.717) is 18.8 Å². The molecule has 0 aromatic heterocycles. The van der Waals surface area contributed by atoms with Crippen molar-refractivity contribution in [2.24, 2.45) is 0 Å². The molecule has 7 heteroatoms. The maximum atomic E-state index is 14.0. The van der Waals surface area contributed by atoms with E-state index < -0.39 is 11.8 Å². The summed E-state index contributed by atoms with van der Waals surface area (Å²) < 4.78 is 24.9. The number of carbonyl (C=O) groups excluding carboxylic acids is 2. The highest BCUT2D eigenvalue weighted by atomic mass is 19.1. The number of esters is 1. The van der Waals surface area contributed by atoms with Crippen LogP contribution in [0, 0.1) is 5.82 Å². The van der Waals surface area contributed by atoms with Crippen molar-refractivity contribution in [3.63, 3.8) is 0 Å². The zero-order valence-electron chi connectivity index (χ0n) is 15.2. The van der Waals surface area contributed by atoms with E-state index in [1.807, 2.05) is 0 Å². The lowest BCUT2D eigenvalue weighted by Crippen LogP contribution is -2.55. The first-order valence-electron chi connectivity index (χ1n) is 9.02. The number of carbonyl (C=O) groups is 2. The summed E-state index contributed by atoms with van der Waals surface area (Å²) in [6, 6.07) is 4.22. The van der Waals surface area contributed by atoms with Crippen LogP contribution in [0.1, 0.15) is 36.0 Å². The molecule has 1 aromatic rings. The molecule has 1 saturated carbocycles. The van der Waals surface area contributed by atoms with E-state index in [4.69, 9.17) is 9.47 Å². The second kappa shape index (κ2) is 8.03. The predicted octanol–water partition coefficient (Wildman–Crippen LogP) is 2.22. The van der Waals surface area contributed by atoms with Crippen LogP contribution < -0.4 is 4.90 Å². The zero-order valence-corrected chi connectivity index (χ0v) is 15.2. The maximum absolute atomic E-state index is 14.0. The number of anilines is 1. The van der Waals surface area contributed by atoms with Gasteiger partial charge in [0.05, 0.1) is 30.0 Å². The van der Waals surface area contributed by atoms with Crippen molar-refractivity contribution in [2.45, 2.75) is 37.8 Å². The van der Waals surface area contributed by atoms with E-state index in [2.05, 4.69) is 0 Å². The molecule has 6 nitrogen and oxygen atoms in total. The minimum absolute atomic E-state index is 0.0699. The number of amides is 1. The average molecular weight is 364 g/mol. The Bertz CT molecular complexity index is 678. The van der Waals surface area contributed by atoms with Crippen molar-refractivity contribution < 1.29 is 23.5 Å². The number of morpholine rings is 1. The van der Waals surface area contributed by atoms with E-state index in [1.54, 1.807) is 23.9 Å². The topological polar surface area (TPSA) is 59.1 Å². The van der Waals surface area contributed by atoms with Gasteiger partial charge in [-0.25, -0.2) is 9.18 Å². The van der Waals surface area contributed by atoms with Gasteiger partial charge in [0, 0.05) is 20.6 Å². The minimum atomic E-state index is -0.698. The predicted molar refractivity (Wildman–Crippen MR) is 94.7 cm³/mol. The van der Waals surface area contributed by atoms with Crippen LogP contribution in [-0.4, -0.2) is 62.8 Å². The minimum Gasteiger partial charge on any atom is -0.452 e. The maximum Gasteiger partial charge on any atom is 0.338 e. The van der Waals surface area contributed by atoms with Crippen LogP contribution in [0.2, 0.25) is 0 Å². The quantitative estimate of drug-likeness (QED) is 0.767. The molecule has 1 aliphatic heterocycles. The van der Waals surface area contributed by atoms with Crippen molar-refractivity contribution in [3.8, 4) is 0 Å². The number of fused-ring (bicyclic) bond motifs is 1. The Kier molecular flexibility index (Phi) is 5.76. The summed E-state index contributed by atoms with van der Waals surface area (Å²) in [4.78, 5) is 28.1. The van der Waals surface area contributed by atoms with Crippen LogP contribution >= 0.6 is 0 Å². The highest BCUT2D eigenvalue weighted by Crippen LogP contribution is 2.28. The van der Waals surface area contributed by atoms with Crippen LogP contribution in [0.25, 0.3) is 0 Å². The van der Waals surface area contributed by atoms with Gasteiger partial charge in [-0.2, -0.15) is 0 Å². The Morgan fingerprint density at radius 1 is 1.31 bits per heavy atom. The summed E-state index contributed by atoms with van der Waals surface area (Å²) in [6.45, 7) is 0.695. The van der Waals surface area contributed by atoms with Crippen molar-refractivity contribution in [2.75, 3.05) is 38.8 Å². The van der Waals surface area contributed by atoms with Gasteiger partial charge in [0.15, 0.2) is 6.61 Å². The number of ether oxygens (including phenoxy) is 2. The lowest BCUT2D eigenvalue weighted by molar-refractivity contribution is -0.152. The number of hydrogen-bond donors (Lipinski definition) is 0. The lowest BCUT2D eigenvalue weighted by atomic mass is 9.90. The Balaban J connectivity index is 1.58. The molecule has 2 atom stereocenters. The molecule has 142 valence electrons. The first-order valence-corrected chi connectivity index (χ1v) is 9.02. The molecular formula is C19H25FN2O4. The fraction of sp³-hybridized carbons (Fsp3) is 0.579. The van der Waals surface area contributed by atoms with E-state index in [-0.39, 0.29) is 30.2 Å². The van der Waals surface area contributed by atoms with Gasteiger partial charge in [0.1, 0.15) is 5.82 Å². The fourth-order valence-corrected chi connectivity index (χ4v) is 3.70. The highest BCUT2D eigenvalue weighted by molar-refractivity contribution is 5.91. The van der Waals surface area contributed by atoms with Gasteiger partial charge in [-0.15, -0.1) is 0 Å². The Morgan fingerprint density at radius 2 is 2.08 bits per heavy atom. The molecule has 0 unspecified atom stereocenters. The Morgan fingerprint density at radius 3 is 2.81 bits per heavy atom. The summed E-state index contributed by atoms with van der Waals surface area (Å²) in [7, 11) is 3.44. The summed E-state index contributed by atoms with van der Waals surface area (Å²) in [6.07, 6.45) is 4.16. The Hall–Kier alpha value is -2.15. The van der Waals surface area contributed by atoms with E-state index >= 15 is 0 Å². The molecule has 1 aromatic carbocycles. The van der Waals surface area contributed by atoms with Gasteiger partial charge >= 0.3 is 5.97 Å². The van der Waals surface area contributed by atoms with Crippen LogP contribution in [-0.2, 0) is 14.3 Å². The summed E-state index contributed by atoms with van der Waals surface area (Å²) in [5.74, 6) is -1.42.